The van der Waals surface area contributed by atoms with Crippen LogP contribution in [0.1, 0.15) is 51.1 Å². The predicted octanol–water partition coefficient (Wildman–Crippen LogP) is 1.93. The molecule has 2 aromatic rings. The van der Waals surface area contributed by atoms with Gasteiger partial charge in [-0.2, -0.15) is 0 Å². The van der Waals surface area contributed by atoms with Gasteiger partial charge in [-0.05, 0) is 67.5 Å². The van der Waals surface area contributed by atoms with Crippen LogP contribution in [0, 0.1) is 0 Å². The van der Waals surface area contributed by atoms with Crippen LogP contribution in [-0.2, 0) is 17.6 Å². The van der Waals surface area contributed by atoms with Gasteiger partial charge in [-0.3, -0.25) is 9.59 Å². The summed E-state index contributed by atoms with van der Waals surface area (Å²) in [4.78, 5) is 27.6. The average Bonchev–Trinajstić information content (AvgIpc) is 3.28. The third-order valence-corrected chi connectivity index (χ3v) is 7.30. The standard InChI is InChI=1S/C27H33N3O4/c31-25(14-28-22-12-20-4-1-2-5-21(20)13-22)15-29-26(32)18-8-10-19(11-9-18)27(33)30-23-6-3-7-24(30)17-34-16-23/h1-2,4-5,8-11,22-25,28,31H,3,6-7,12-17H2,(H,29,32)/t23-,24+,25?. The number of piperidine rings is 1. The zero-order chi connectivity index (χ0) is 23.5. The van der Waals surface area contributed by atoms with Crippen molar-refractivity contribution in [1.82, 2.24) is 15.5 Å². The van der Waals surface area contributed by atoms with Crippen LogP contribution in [-0.4, -0.2) is 72.4 Å². The molecule has 0 radical (unpaired) electrons. The van der Waals surface area contributed by atoms with E-state index in [4.69, 9.17) is 4.74 Å². The van der Waals surface area contributed by atoms with Crippen molar-refractivity contribution in [2.45, 2.75) is 56.3 Å². The summed E-state index contributed by atoms with van der Waals surface area (Å²) in [5, 5.41) is 16.5. The summed E-state index contributed by atoms with van der Waals surface area (Å²) in [6.07, 6.45) is 4.35. The van der Waals surface area contributed by atoms with Crippen molar-refractivity contribution in [3.8, 4) is 0 Å². The topological polar surface area (TPSA) is 90.9 Å². The molecule has 2 fully saturated rings. The molecule has 3 aliphatic rings. The summed E-state index contributed by atoms with van der Waals surface area (Å²) < 4.78 is 5.64. The Labute approximate surface area is 200 Å². The number of hydrogen-bond donors (Lipinski definition) is 3. The van der Waals surface area contributed by atoms with E-state index >= 15 is 0 Å². The van der Waals surface area contributed by atoms with E-state index in [-0.39, 0.29) is 30.4 Å². The fraction of sp³-hybridized carbons (Fsp3) is 0.481. The minimum atomic E-state index is -0.672. The predicted molar refractivity (Wildman–Crippen MR) is 129 cm³/mol. The van der Waals surface area contributed by atoms with Gasteiger partial charge in [0.05, 0.1) is 31.4 Å². The van der Waals surface area contributed by atoms with Crippen molar-refractivity contribution < 1.29 is 19.4 Å². The summed E-state index contributed by atoms with van der Waals surface area (Å²) >= 11 is 0. The van der Waals surface area contributed by atoms with Gasteiger partial charge in [0.2, 0.25) is 0 Å². The Kier molecular flexibility index (Phi) is 6.94. The summed E-state index contributed by atoms with van der Waals surface area (Å²) in [5.74, 6) is -0.241. The fourth-order valence-electron chi connectivity index (χ4n) is 5.47. The number of carbonyl (C=O) groups is 2. The Bertz CT molecular complexity index is 978. The molecule has 7 nitrogen and oxygen atoms in total. The van der Waals surface area contributed by atoms with E-state index < -0.39 is 6.10 Å². The maximum absolute atomic E-state index is 13.1. The summed E-state index contributed by atoms with van der Waals surface area (Å²) in [6, 6.07) is 15.8. The molecule has 0 aromatic heterocycles. The van der Waals surface area contributed by atoms with Crippen molar-refractivity contribution in [1.29, 1.82) is 0 Å². The third-order valence-electron chi connectivity index (χ3n) is 7.30. The molecule has 2 aliphatic heterocycles. The Morgan fingerprint density at radius 2 is 1.56 bits per heavy atom. The van der Waals surface area contributed by atoms with E-state index in [1.807, 2.05) is 4.90 Å². The number of aliphatic hydroxyl groups excluding tert-OH is 1. The van der Waals surface area contributed by atoms with Gasteiger partial charge in [0.1, 0.15) is 0 Å². The molecule has 2 amide bonds. The number of amides is 2. The van der Waals surface area contributed by atoms with Gasteiger partial charge in [0, 0.05) is 30.3 Å². The second-order valence-electron chi connectivity index (χ2n) is 9.71. The number of ether oxygens (including phenoxy) is 1. The first kappa shape index (κ1) is 23.0. The van der Waals surface area contributed by atoms with Gasteiger partial charge in [-0.1, -0.05) is 24.3 Å². The molecule has 3 atom stereocenters. The molecule has 7 heteroatoms. The molecule has 1 aliphatic carbocycles. The molecular formula is C27H33N3O4. The normalized spacial score (nSPS) is 22.8. The zero-order valence-corrected chi connectivity index (χ0v) is 19.4. The number of rotatable bonds is 7. The number of hydrogen-bond acceptors (Lipinski definition) is 5. The lowest BCUT2D eigenvalue weighted by atomic mass is 9.93. The maximum Gasteiger partial charge on any atom is 0.254 e. The van der Waals surface area contributed by atoms with Gasteiger partial charge in [0.15, 0.2) is 0 Å². The SMILES string of the molecule is O=C(NCC(O)CNC1Cc2ccccc2C1)c1ccc(C(=O)N2[C@@H]3CCC[C@H]2COC3)cc1. The lowest BCUT2D eigenvalue weighted by molar-refractivity contribution is -0.0565. The quantitative estimate of drug-likeness (QED) is 0.584. The van der Waals surface area contributed by atoms with E-state index in [9.17, 15) is 14.7 Å². The average molecular weight is 464 g/mol. The highest BCUT2D eigenvalue weighted by atomic mass is 16.5. The maximum atomic E-state index is 13.1. The van der Waals surface area contributed by atoms with Gasteiger partial charge in [0.25, 0.3) is 11.8 Å². The number of aliphatic hydroxyl groups is 1. The molecule has 2 saturated heterocycles. The van der Waals surface area contributed by atoms with Crippen LogP contribution in [0.2, 0.25) is 0 Å². The van der Waals surface area contributed by atoms with E-state index in [0.29, 0.717) is 36.9 Å². The minimum absolute atomic E-state index is 0.0144. The smallest absolute Gasteiger partial charge is 0.254 e. The van der Waals surface area contributed by atoms with E-state index in [0.717, 1.165) is 32.1 Å². The highest BCUT2D eigenvalue weighted by Gasteiger charge is 2.38. The summed E-state index contributed by atoms with van der Waals surface area (Å²) in [7, 11) is 0. The van der Waals surface area contributed by atoms with Crippen LogP contribution < -0.4 is 10.6 Å². The molecule has 1 unspecified atom stereocenters. The first-order valence-corrected chi connectivity index (χ1v) is 12.4. The van der Waals surface area contributed by atoms with Crippen molar-refractivity contribution in [2.75, 3.05) is 26.3 Å². The lowest BCUT2D eigenvalue weighted by Gasteiger charge is -2.45. The Morgan fingerprint density at radius 1 is 0.941 bits per heavy atom. The highest BCUT2D eigenvalue weighted by Crippen LogP contribution is 2.29. The van der Waals surface area contributed by atoms with E-state index in [1.165, 1.54) is 11.1 Å². The summed E-state index contributed by atoms with van der Waals surface area (Å²) in [6.45, 7) is 1.80. The van der Waals surface area contributed by atoms with Crippen LogP contribution in [0.3, 0.4) is 0 Å². The molecule has 5 rings (SSSR count). The first-order valence-electron chi connectivity index (χ1n) is 12.4. The van der Waals surface area contributed by atoms with Crippen molar-refractivity contribution >= 4 is 11.8 Å². The van der Waals surface area contributed by atoms with Gasteiger partial charge < -0.3 is 25.4 Å². The van der Waals surface area contributed by atoms with Crippen molar-refractivity contribution in [3.63, 3.8) is 0 Å². The monoisotopic (exact) mass is 463 g/mol. The Morgan fingerprint density at radius 3 is 2.21 bits per heavy atom. The molecule has 2 aromatic carbocycles. The Hall–Kier alpha value is -2.74. The lowest BCUT2D eigenvalue weighted by Crippen LogP contribution is -2.57. The number of fused-ring (bicyclic) bond motifs is 3. The number of nitrogens with zero attached hydrogens (tertiary/aromatic N) is 1. The molecular weight excluding hydrogens is 430 g/mol. The van der Waals surface area contributed by atoms with Crippen LogP contribution >= 0.6 is 0 Å². The molecule has 0 spiro atoms. The molecule has 34 heavy (non-hydrogen) atoms. The van der Waals surface area contributed by atoms with Gasteiger partial charge in [-0.25, -0.2) is 0 Å². The van der Waals surface area contributed by atoms with Crippen LogP contribution in [0.25, 0.3) is 0 Å². The Balaban J connectivity index is 1.08. The third kappa shape index (κ3) is 5.02. The number of benzene rings is 2. The molecule has 3 N–H and O–H groups in total. The van der Waals surface area contributed by atoms with Gasteiger partial charge in [-0.15, -0.1) is 0 Å². The van der Waals surface area contributed by atoms with Crippen LogP contribution in [0.15, 0.2) is 48.5 Å². The second-order valence-corrected chi connectivity index (χ2v) is 9.71. The van der Waals surface area contributed by atoms with Crippen molar-refractivity contribution in [2.24, 2.45) is 0 Å². The number of nitrogens with one attached hydrogen (secondary N) is 2. The molecule has 2 bridgehead atoms. The fourth-order valence-corrected chi connectivity index (χ4v) is 5.47. The molecule has 2 heterocycles. The second kappa shape index (κ2) is 10.3. The van der Waals surface area contributed by atoms with Gasteiger partial charge >= 0.3 is 0 Å². The van der Waals surface area contributed by atoms with Crippen molar-refractivity contribution in [3.05, 3.63) is 70.8 Å². The number of morpholine rings is 1. The largest absolute Gasteiger partial charge is 0.390 e. The number of carbonyl (C=O) groups excluding carboxylic acids is 2. The van der Waals surface area contributed by atoms with Crippen LogP contribution in [0.4, 0.5) is 0 Å². The highest BCUT2D eigenvalue weighted by molar-refractivity contribution is 5.98. The minimum Gasteiger partial charge on any atom is -0.390 e. The molecule has 180 valence electrons. The summed E-state index contributed by atoms with van der Waals surface area (Å²) in [5.41, 5.74) is 3.80. The van der Waals surface area contributed by atoms with E-state index in [1.54, 1.807) is 24.3 Å². The van der Waals surface area contributed by atoms with Crippen LogP contribution in [0.5, 0.6) is 0 Å². The zero-order valence-electron chi connectivity index (χ0n) is 19.4. The molecule has 0 saturated carbocycles. The van der Waals surface area contributed by atoms with E-state index in [2.05, 4.69) is 34.9 Å². The first-order chi connectivity index (χ1) is 16.6.